The summed E-state index contributed by atoms with van der Waals surface area (Å²) in [4.78, 5) is 7.49. The molecule has 0 aliphatic carbocycles. The van der Waals surface area contributed by atoms with Gasteiger partial charge in [-0.2, -0.15) is 0 Å². The highest BCUT2D eigenvalue weighted by molar-refractivity contribution is 6.17. The summed E-state index contributed by atoms with van der Waals surface area (Å²) in [6.45, 7) is 0. The second-order valence-corrected chi connectivity index (χ2v) is 9.89. The van der Waals surface area contributed by atoms with Gasteiger partial charge in [0.15, 0.2) is 0 Å². The molecule has 38 heavy (non-hydrogen) atoms. The van der Waals surface area contributed by atoms with Crippen LogP contribution in [0, 0.1) is 0 Å². The zero-order valence-electron chi connectivity index (χ0n) is 20.7. The van der Waals surface area contributed by atoms with E-state index in [2.05, 4.69) is 143 Å². The van der Waals surface area contributed by atoms with Gasteiger partial charge in [0.05, 0.1) is 11.0 Å². The summed E-state index contributed by atoms with van der Waals surface area (Å²) >= 11 is 0. The number of para-hydroxylation sites is 4. The molecule has 6 aromatic carbocycles. The average Bonchev–Trinajstić information content (AvgIpc) is 3.56. The Morgan fingerprint density at radius 3 is 1.47 bits per heavy atom. The Hall–Kier alpha value is -5.08. The molecule has 0 unspecified atom stereocenters. The van der Waals surface area contributed by atoms with Crippen LogP contribution in [0.5, 0.6) is 0 Å². The third kappa shape index (κ3) is 3.07. The zero-order chi connectivity index (χ0) is 25.1. The molecule has 0 fully saturated rings. The second kappa shape index (κ2) is 8.22. The van der Waals surface area contributed by atoms with E-state index in [1.807, 2.05) is 0 Å². The highest BCUT2D eigenvalue weighted by atomic mass is 14.7. The lowest BCUT2D eigenvalue weighted by atomic mass is 9.86. The first-order chi connectivity index (χ1) is 18.9. The van der Waals surface area contributed by atoms with Crippen molar-refractivity contribution in [2.75, 3.05) is 0 Å². The van der Waals surface area contributed by atoms with Crippen molar-refractivity contribution in [3.05, 3.63) is 133 Å². The highest BCUT2D eigenvalue weighted by Crippen LogP contribution is 2.45. The molecule has 2 aromatic heterocycles. The summed E-state index contributed by atoms with van der Waals surface area (Å²) in [6, 6.07) is 47.9. The maximum atomic E-state index is 3.75. The normalized spacial score (nSPS) is 11.7. The van der Waals surface area contributed by atoms with Crippen LogP contribution in [0.2, 0.25) is 0 Å². The first-order valence-corrected chi connectivity index (χ1v) is 13.0. The molecule has 0 saturated carbocycles. The van der Waals surface area contributed by atoms with E-state index in [4.69, 9.17) is 0 Å². The predicted octanol–water partition coefficient (Wildman–Crippen LogP) is 9.96. The van der Waals surface area contributed by atoms with Gasteiger partial charge in [-0.1, -0.05) is 121 Å². The number of H-pyrrole nitrogens is 2. The Morgan fingerprint density at radius 1 is 0.316 bits per heavy atom. The van der Waals surface area contributed by atoms with E-state index in [9.17, 15) is 0 Å². The number of hydrogen-bond donors (Lipinski definition) is 2. The van der Waals surface area contributed by atoms with Gasteiger partial charge in [-0.15, -0.1) is 0 Å². The van der Waals surface area contributed by atoms with Gasteiger partial charge >= 0.3 is 0 Å². The van der Waals surface area contributed by atoms with E-state index in [0.29, 0.717) is 0 Å². The Kier molecular flexibility index (Phi) is 4.55. The molecule has 0 radical (unpaired) electrons. The fourth-order valence-corrected chi connectivity index (χ4v) is 6.10. The number of fused-ring (bicyclic) bond motifs is 6. The van der Waals surface area contributed by atoms with E-state index in [1.54, 1.807) is 0 Å². The van der Waals surface area contributed by atoms with Gasteiger partial charge in [-0.3, -0.25) is 0 Å². The fourth-order valence-electron chi connectivity index (χ4n) is 6.10. The van der Waals surface area contributed by atoms with E-state index in [0.717, 1.165) is 11.0 Å². The third-order valence-electron chi connectivity index (χ3n) is 7.79. The molecule has 2 N–H and O–H groups in total. The molecule has 0 spiro atoms. The largest absolute Gasteiger partial charge is 0.354 e. The van der Waals surface area contributed by atoms with Gasteiger partial charge in [0.25, 0.3) is 0 Å². The van der Waals surface area contributed by atoms with Crippen LogP contribution >= 0.6 is 0 Å². The molecule has 178 valence electrons. The van der Waals surface area contributed by atoms with Crippen molar-refractivity contribution < 1.29 is 0 Å². The fraction of sp³-hybridized carbons (Fsp3) is 0. The highest BCUT2D eigenvalue weighted by Gasteiger charge is 2.20. The van der Waals surface area contributed by atoms with Crippen molar-refractivity contribution >= 4 is 43.6 Å². The molecule has 0 saturated heterocycles. The van der Waals surface area contributed by atoms with Gasteiger partial charge in [-0.25, -0.2) is 0 Å². The second-order valence-electron chi connectivity index (χ2n) is 9.89. The molecule has 2 nitrogen and oxygen atoms in total. The molecule has 0 amide bonds. The van der Waals surface area contributed by atoms with Crippen LogP contribution in [-0.4, -0.2) is 9.97 Å². The van der Waals surface area contributed by atoms with Crippen molar-refractivity contribution in [1.82, 2.24) is 9.97 Å². The molecule has 8 aromatic rings. The first-order valence-electron chi connectivity index (χ1n) is 13.0. The minimum Gasteiger partial charge on any atom is -0.354 e. The van der Waals surface area contributed by atoms with Gasteiger partial charge in [0.1, 0.15) is 0 Å². The monoisotopic (exact) mass is 484 g/mol. The summed E-state index contributed by atoms with van der Waals surface area (Å²) < 4.78 is 0. The Balaban J connectivity index is 1.51. The molecule has 0 bridgehead atoms. The van der Waals surface area contributed by atoms with Crippen LogP contribution in [-0.2, 0) is 0 Å². The van der Waals surface area contributed by atoms with E-state index < -0.39 is 0 Å². The van der Waals surface area contributed by atoms with Crippen LogP contribution in [0.3, 0.4) is 0 Å². The van der Waals surface area contributed by atoms with Crippen molar-refractivity contribution in [3.63, 3.8) is 0 Å². The van der Waals surface area contributed by atoms with Crippen molar-refractivity contribution in [2.24, 2.45) is 0 Å². The van der Waals surface area contributed by atoms with Gasteiger partial charge in [-0.05, 0) is 34.4 Å². The first kappa shape index (κ1) is 21.0. The van der Waals surface area contributed by atoms with Crippen LogP contribution in [0.25, 0.3) is 77.0 Å². The van der Waals surface area contributed by atoms with Crippen LogP contribution < -0.4 is 0 Å². The molecule has 2 heterocycles. The molecule has 2 heteroatoms. The van der Waals surface area contributed by atoms with Gasteiger partial charge < -0.3 is 9.97 Å². The summed E-state index contributed by atoms with van der Waals surface area (Å²) in [6.07, 6.45) is 0. The van der Waals surface area contributed by atoms with Crippen LogP contribution in [0.15, 0.2) is 133 Å². The van der Waals surface area contributed by atoms with E-state index in [-0.39, 0.29) is 0 Å². The number of benzene rings is 6. The predicted molar refractivity (Wildman–Crippen MR) is 161 cm³/mol. The van der Waals surface area contributed by atoms with E-state index in [1.165, 1.54) is 66.0 Å². The molecule has 0 aliphatic heterocycles. The zero-order valence-corrected chi connectivity index (χ0v) is 20.7. The van der Waals surface area contributed by atoms with E-state index >= 15 is 0 Å². The summed E-state index contributed by atoms with van der Waals surface area (Å²) in [5.41, 5.74) is 12.0. The SMILES string of the molecule is c1ccc(-c2cccc(-c3cccc4c3[nH]c3ccccc34)c2-c2cccc3c2[nH]c2ccccc23)cc1. The minimum atomic E-state index is 1.16. The van der Waals surface area contributed by atoms with Gasteiger partial charge in [0, 0.05) is 43.7 Å². The number of aromatic amines is 2. The average molecular weight is 485 g/mol. The quantitative estimate of drug-likeness (QED) is 0.250. The molecular formula is C36H24N2. The summed E-state index contributed by atoms with van der Waals surface area (Å²) in [5, 5.41) is 5.00. The number of aromatic nitrogens is 2. The lowest BCUT2D eigenvalue weighted by molar-refractivity contribution is 1.51. The Labute approximate surface area is 220 Å². The topological polar surface area (TPSA) is 31.6 Å². The number of hydrogen-bond acceptors (Lipinski definition) is 0. The summed E-state index contributed by atoms with van der Waals surface area (Å²) in [5.74, 6) is 0. The molecule has 0 atom stereocenters. The number of nitrogens with one attached hydrogen (secondary N) is 2. The third-order valence-corrected chi connectivity index (χ3v) is 7.79. The Morgan fingerprint density at radius 2 is 0.789 bits per heavy atom. The van der Waals surface area contributed by atoms with Crippen LogP contribution in [0.1, 0.15) is 0 Å². The maximum Gasteiger partial charge on any atom is 0.0544 e. The molecule has 0 aliphatic rings. The van der Waals surface area contributed by atoms with Crippen molar-refractivity contribution in [1.29, 1.82) is 0 Å². The minimum absolute atomic E-state index is 1.16. The van der Waals surface area contributed by atoms with Crippen molar-refractivity contribution in [3.8, 4) is 33.4 Å². The molecule has 8 rings (SSSR count). The lowest BCUT2D eigenvalue weighted by Crippen LogP contribution is -1.92. The molecular weight excluding hydrogens is 460 g/mol. The van der Waals surface area contributed by atoms with Crippen molar-refractivity contribution in [2.45, 2.75) is 0 Å². The summed E-state index contributed by atoms with van der Waals surface area (Å²) in [7, 11) is 0. The standard InChI is InChI=1S/C36H24N2/c1-2-11-23(12-3-1)24-15-8-16-27(30-19-9-17-28-25-13-4-6-21-32(25)37-35(28)30)34(24)31-20-10-18-29-26-14-5-7-22-33(26)38-36(29)31/h1-22,37-38H. The van der Waals surface area contributed by atoms with Gasteiger partial charge in [0.2, 0.25) is 0 Å². The maximum absolute atomic E-state index is 3.75. The Bertz CT molecular complexity index is 2130. The smallest absolute Gasteiger partial charge is 0.0544 e. The number of rotatable bonds is 3. The lowest BCUT2D eigenvalue weighted by Gasteiger charge is -2.17. The van der Waals surface area contributed by atoms with Crippen LogP contribution in [0.4, 0.5) is 0 Å².